The molecular formula is C6H11NO4. The molecule has 1 aliphatic heterocycles. The van der Waals surface area contributed by atoms with E-state index in [9.17, 15) is 15.0 Å². The monoisotopic (exact) mass is 164 g/mol. The Bertz CT molecular complexity index is 244. The Morgan fingerprint density at radius 3 is 3.18 bits per heavy atom. The van der Waals surface area contributed by atoms with Gasteiger partial charge in [0.1, 0.15) is 6.10 Å². The summed E-state index contributed by atoms with van der Waals surface area (Å²) in [5.41, 5.74) is 0. The molecule has 2 atom stereocenters. The van der Waals surface area contributed by atoms with Gasteiger partial charge in [0, 0.05) is 17.5 Å². The third-order valence-electron chi connectivity index (χ3n) is 1.60. The highest BCUT2D eigenvalue weighted by Crippen LogP contribution is 2.23. The highest BCUT2D eigenvalue weighted by Gasteiger charge is 2.48. The van der Waals surface area contributed by atoms with Crippen molar-refractivity contribution in [3.05, 3.63) is 0 Å². The Labute approximate surface area is 68.2 Å². The van der Waals surface area contributed by atoms with Crippen molar-refractivity contribution >= 4 is 5.91 Å². The van der Waals surface area contributed by atoms with E-state index in [-0.39, 0.29) is 13.0 Å². The number of carbonyl (C=O) groups excluding carboxylic acids is 1. The molecule has 0 aliphatic carbocycles. The van der Waals surface area contributed by atoms with Crippen LogP contribution in [0.25, 0.3) is 0 Å². The van der Waals surface area contributed by atoms with Crippen LogP contribution in [0.15, 0.2) is 0 Å². The van der Waals surface area contributed by atoms with Crippen LogP contribution in [0.4, 0.5) is 0 Å². The molecular weight excluding hydrogens is 150 g/mol. The highest BCUT2D eigenvalue weighted by molar-refractivity contribution is 5.84. The summed E-state index contributed by atoms with van der Waals surface area (Å²) in [6, 6.07) is 0. The summed E-state index contributed by atoms with van der Waals surface area (Å²) in [6.07, 6.45) is -1.31. The molecule has 11 heavy (non-hydrogen) atoms. The zero-order valence-corrected chi connectivity index (χ0v) is 5.70. The van der Waals surface area contributed by atoms with Gasteiger partial charge in [-0.1, -0.05) is 0 Å². The van der Waals surface area contributed by atoms with E-state index in [0.29, 0.717) is 0 Å². The molecule has 0 aromatic rings. The fourth-order valence-corrected chi connectivity index (χ4v) is 0.924. The van der Waals surface area contributed by atoms with Gasteiger partial charge in [0.2, 0.25) is 0 Å². The zero-order chi connectivity index (χ0) is 11.0. The maximum atomic E-state index is 11.2. The first-order valence-corrected chi connectivity index (χ1v) is 3.13. The lowest BCUT2D eigenvalue weighted by Gasteiger charge is -2.22. The van der Waals surface area contributed by atoms with Gasteiger partial charge in [-0.05, 0) is 0 Å². The molecule has 2 unspecified atom stereocenters. The van der Waals surface area contributed by atoms with Crippen LogP contribution in [-0.2, 0) is 9.53 Å². The molecule has 1 heterocycles. The molecule has 0 bridgehead atoms. The average Bonchev–Trinajstić information content (AvgIpc) is 2.30. The maximum absolute atomic E-state index is 11.2. The number of aliphatic hydroxyl groups is 2. The predicted octanol–water partition coefficient (Wildman–Crippen LogP) is -1.80. The van der Waals surface area contributed by atoms with Crippen LogP contribution >= 0.6 is 0 Å². The smallest absolute Gasteiger partial charge is 0.282 e. The number of rotatable bonds is 1. The number of carbonyl (C=O) groups is 1. The Morgan fingerprint density at radius 2 is 2.73 bits per heavy atom. The van der Waals surface area contributed by atoms with Crippen LogP contribution < -0.4 is 5.32 Å². The van der Waals surface area contributed by atoms with Gasteiger partial charge < -0.3 is 20.3 Å². The lowest BCUT2D eigenvalue weighted by molar-refractivity contribution is -0.212. The minimum Gasteiger partial charge on any atom is -0.387 e. The molecule has 1 aliphatic rings. The number of aliphatic hydroxyl groups excluding tert-OH is 1. The predicted molar refractivity (Wildman–Crippen MR) is 35.6 cm³/mol. The second-order valence-electron chi connectivity index (χ2n) is 2.30. The van der Waals surface area contributed by atoms with Crippen LogP contribution in [0, 0.1) is 0 Å². The molecule has 5 heteroatoms. The third kappa shape index (κ3) is 1.22. The molecule has 0 saturated carbocycles. The summed E-state index contributed by atoms with van der Waals surface area (Å²) in [7, 11) is 0. The van der Waals surface area contributed by atoms with Gasteiger partial charge in [-0.3, -0.25) is 4.79 Å². The van der Waals surface area contributed by atoms with E-state index < -0.39 is 24.8 Å². The van der Waals surface area contributed by atoms with Crippen molar-refractivity contribution in [3.63, 3.8) is 0 Å². The minimum absolute atomic E-state index is 0.00604. The fraction of sp³-hybridized carbons (Fsp3) is 0.833. The number of hydrogen-bond acceptors (Lipinski definition) is 4. The maximum Gasteiger partial charge on any atom is 0.282 e. The standard InChI is InChI=1S/C6H11NO4/c1-7-5(9)6(10)4(8)2-3-11-6/h4,8,10H,2-3H2,1H3,(H,7,9)/i1D3. The molecule has 0 radical (unpaired) electrons. The van der Waals surface area contributed by atoms with Gasteiger partial charge in [-0.2, -0.15) is 0 Å². The van der Waals surface area contributed by atoms with E-state index in [1.807, 2.05) is 0 Å². The van der Waals surface area contributed by atoms with E-state index in [1.165, 1.54) is 0 Å². The number of amides is 1. The summed E-state index contributed by atoms with van der Waals surface area (Å²) in [6.45, 7) is -2.70. The highest BCUT2D eigenvalue weighted by atomic mass is 16.7. The Kier molecular flexibility index (Phi) is 1.28. The van der Waals surface area contributed by atoms with Gasteiger partial charge in [-0.25, -0.2) is 0 Å². The lowest BCUT2D eigenvalue weighted by atomic mass is 10.1. The van der Waals surface area contributed by atoms with E-state index in [2.05, 4.69) is 4.74 Å². The summed E-state index contributed by atoms with van der Waals surface area (Å²) >= 11 is 0. The number of ether oxygens (including phenoxy) is 1. The molecule has 0 spiro atoms. The van der Waals surface area contributed by atoms with Crippen LogP contribution in [0.1, 0.15) is 10.5 Å². The van der Waals surface area contributed by atoms with E-state index >= 15 is 0 Å². The molecule has 1 amide bonds. The molecule has 64 valence electrons. The topological polar surface area (TPSA) is 78.8 Å². The molecule has 0 aromatic heterocycles. The van der Waals surface area contributed by atoms with E-state index in [1.54, 1.807) is 5.32 Å². The average molecular weight is 164 g/mol. The molecule has 1 rings (SSSR count). The van der Waals surface area contributed by atoms with Crippen molar-refractivity contribution in [2.45, 2.75) is 18.3 Å². The first kappa shape index (κ1) is 5.08. The summed E-state index contributed by atoms with van der Waals surface area (Å²) in [4.78, 5) is 11.2. The SMILES string of the molecule is [2H]C([2H])([2H])NC(=O)C1(O)OCCC1O. The fourth-order valence-electron chi connectivity index (χ4n) is 0.924. The van der Waals surface area contributed by atoms with Crippen LogP contribution in [-0.4, -0.2) is 41.6 Å². The van der Waals surface area contributed by atoms with Gasteiger partial charge in [0.25, 0.3) is 11.7 Å². The van der Waals surface area contributed by atoms with Crippen molar-refractivity contribution in [3.8, 4) is 0 Å². The van der Waals surface area contributed by atoms with Gasteiger partial charge in [0.05, 0.1) is 6.61 Å². The van der Waals surface area contributed by atoms with Crippen molar-refractivity contribution in [2.75, 3.05) is 13.6 Å². The number of likely N-dealkylation sites (N-methyl/N-ethyl adjacent to an activating group) is 1. The molecule has 3 N–H and O–H groups in total. The molecule has 1 fully saturated rings. The second kappa shape index (κ2) is 2.77. The van der Waals surface area contributed by atoms with Gasteiger partial charge >= 0.3 is 0 Å². The van der Waals surface area contributed by atoms with Crippen LogP contribution in [0.2, 0.25) is 0 Å². The van der Waals surface area contributed by atoms with Crippen molar-refractivity contribution < 1.29 is 23.9 Å². The van der Waals surface area contributed by atoms with Crippen molar-refractivity contribution in [1.29, 1.82) is 0 Å². The van der Waals surface area contributed by atoms with E-state index in [4.69, 9.17) is 4.11 Å². The quantitative estimate of drug-likeness (QED) is 0.427. The zero-order valence-electron chi connectivity index (χ0n) is 8.70. The Morgan fingerprint density at radius 1 is 2.00 bits per heavy atom. The van der Waals surface area contributed by atoms with Gasteiger partial charge in [-0.15, -0.1) is 0 Å². The molecule has 0 aromatic carbocycles. The molecule has 5 nitrogen and oxygen atoms in total. The summed E-state index contributed by atoms with van der Waals surface area (Å²) in [5, 5.41) is 20.2. The summed E-state index contributed by atoms with van der Waals surface area (Å²) in [5.74, 6) is -3.68. The minimum atomic E-state index is -2.71. The lowest BCUT2D eigenvalue weighted by Crippen LogP contribution is -2.52. The largest absolute Gasteiger partial charge is 0.387 e. The van der Waals surface area contributed by atoms with Crippen LogP contribution in [0.3, 0.4) is 0 Å². The Balaban J connectivity index is 2.68. The first-order chi connectivity index (χ1) is 6.26. The normalized spacial score (nSPS) is 42.4. The van der Waals surface area contributed by atoms with E-state index in [0.717, 1.165) is 0 Å². The van der Waals surface area contributed by atoms with Crippen molar-refractivity contribution in [2.24, 2.45) is 0 Å². The summed E-state index contributed by atoms with van der Waals surface area (Å²) < 4.78 is 24.8. The number of nitrogens with one attached hydrogen (secondary N) is 1. The molecule has 1 saturated heterocycles. The number of hydrogen-bond donors (Lipinski definition) is 3. The first-order valence-electron chi connectivity index (χ1n) is 4.63. The van der Waals surface area contributed by atoms with Crippen molar-refractivity contribution in [1.82, 2.24) is 5.32 Å². The third-order valence-corrected chi connectivity index (χ3v) is 1.60. The second-order valence-corrected chi connectivity index (χ2v) is 2.30. The Hall–Kier alpha value is -0.650. The van der Waals surface area contributed by atoms with Gasteiger partial charge in [0.15, 0.2) is 0 Å². The van der Waals surface area contributed by atoms with Crippen LogP contribution in [0.5, 0.6) is 0 Å².